The number of ether oxygens (including phenoxy) is 1. The quantitative estimate of drug-likeness (QED) is 0.903. The van der Waals surface area contributed by atoms with E-state index in [1.54, 1.807) is 0 Å². The average molecular weight is 260 g/mol. The van der Waals surface area contributed by atoms with E-state index in [0.717, 1.165) is 26.3 Å². The Morgan fingerprint density at radius 2 is 2.32 bits per heavy atom. The molecule has 0 aromatic heterocycles. The molecule has 1 atom stereocenters. The van der Waals surface area contributed by atoms with Crippen LogP contribution in [0.15, 0.2) is 18.2 Å². The summed E-state index contributed by atoms with van der Waals surface area (Å²) in [4.78, 5) is 2.34. The van der Waals surface area contributed by atoms with Gasteiger partial charge in [0.25, 0.3) is 0 Å². The van der Waals surface area contributed by atoms with Crippen LogP contribution in [0.25, 0.3) is 0 Å². The Hall–Kier alpha value is -1.06. The maximum absolute atomic E-state index is 5.59. The van der Waals surface area contributed by atoms with E-state index in [4.69, 9.17) is 4.74 Å². The first-order valence-corrected chi connectivity index (χ1v) is 7.32. The zero-order valence-corrected chi connectivity index (χ0v) is 12.0. The highest BCUT2D eigenvalue weighted by atomic mass is 16.5. The number of likely N-dealkylation sites (N-methyl/N-ethyl adjacent to an activating group) is 1. The fraction of sp³-hybridized carbons (Fsp3) is 0.625. The molecule has 2 aliphatic heterocycles. The fourth-order valence-electron chi connectivity index (χ4n) is 3.12. The van der Waals surface area contributed by atoms with Crippen molar-refractivity contribution in [1.82, 2.24) is 5.32 Å². The first-order chi connectivity index (χ1) is 9.16. The molecular formula is C16H24N2O. The predicted molar refractivity (Wildman–Crippen MR) is 78.7 cm³/mol. The number of anilines is 1. The fourth-order valence-corrected chi connectivity index (χ4v) is 3.12. The highest BCUT2D eigenvalue weighted by molar-refractivity contribution is 5.58. The third kappa shape index (κ3) is 2.77. The molecule has 1 unspecified atom stereocenters. The van der Waals surface area contributed by atoms with Gasteiger partial charge in [-0.1, -0.05) is 12.1 Å². The van der Waals surface area contributed by atoms with Crippen LogP contribution < -0.4 is 10.2 Å². The normalized spacial score (nSPS) is 26.5. The van der Waals surface area contributed by atoms with Crippen molar-refractivity contribution in [2.45, 2.75) is 38.3 Å². The van der Waals surface area contributed by atoms with Crippen molar-refractivity contribution < 1.29 is 4.74 Å². The van der Waals surface area contributed by atoms with Crippen LogP contribution in [0, 0.1) is 0 Å². The lowest BCUT2D eigenvalue weighted by Crippen LogP contribution is -2.48. The van der Waals surface area contributed by atoms with Crippen molar-refractivity contribution in [1.29, 1.82) is 0 Å². The van der Waals surface area contributed by atoms with Gasteiger partial charge in [0.2, 0.25) is 0 Å². The van der Waals surface area contributed by atoms with Gasteiger partial charge >= 0.3 is 0 Å². The van der Waals surface area contributed by atoms with Gasteiger partial charge in [0.15, 0.2) is 0 Å². The zero-order valence-electron chi connectivity index (χ0n) is 12.0. The molecule has 0 bridgehead atoms. The Labute approximate surface area is 115 Å². The van der Waals surface area contributed by atoms with E-state index in [2.05, 4.69) is 42.4 Å². The number of nitrogens with one attached hydrogen (secondary N) is 1. The SMILES string of the molecule is CN1CCc2cc(CNC3(C)CCCOC3)ccc21. The molecule has 1 fully saturated rings. The maximum Gasteiger partial charge on any atom is 0.0645 e. The lowest BCUT2D eigenvalue weighted by atomic mass is 9.94. The van der Waals surface area contributed by atoms with Crippen molar-refractivity contribution in [3.05, 3.63) is 29.3 Å². The third-order valence-corrected chi connectivity index (χ3v) is 4.43. The monoisotopic (exact) mass is 260 g/mol. The molecule has 3 rings (SSSR count). The highest BCUT2D eigenvalue weighted by Crippen LogP contribution is 2.27. The van der Waals surface area contributed by atoms with Crippen LogP contribution in [-0.4, -0.2) is 32.3 Å². The number of hydrogen-bond acceptors (Lipinski definition) is 3. The second kappa shape index (κ2) is 5.14. The van der Waals surface area contributed by atoms with E-state index >= 15 is 0 Å². The topological polar surface area (TPSA) is 24.5 Å². The maximum atomic E-state index is 5.59. The van der Waals surface area contributed by atoms with Crippen molar-refractivity contribution in [3.63, 3.8) is 0 Å². The molecule has 1 saturated heterocycles. The van der Waals surface area contributed by atoms with Gasteiger partial charge in [-0.05, 0) is 43.4 Å². The van der Waals surface area contributed by atoms with Crippen LogP contribution in [0.1, 0.15) is 30.9 Å². The molecule has 0 amide bonds. The van der Waals surface area contributed by atoms with E-state index in [1.807, 2.05) is 0 Å². The summed E-state index contributed by atoms with van der Waals surface area (Å²) >= 11 is 0. The molecule has 0 aliphatic carbocycles. The summed E-state index contributed by atoms with van der Waals surface area (Å²) in [5.41, 5.74) is 4.43. The van der Waals surface area contributed by atoms with Gasteiger partial charge in [-0.2, -0.15) is 0 Å². The Bertz CT molecular complexity index is 452. The lowest BCUT2D eigenvalue weighted by Gasteiger charge is -2.34. The van der Waals surface area contributed by atoms with Crippen LogP contribution >= 0.6 is 0 Å². The minimum atomic E-state index is 0.147. The Morgan fingerprint density at radius 1 is 1.42 bits per heavy atom. The van der Waals surface area contributed by atoms with Gasteiger partial charge < -0.3 is 15.0 Å². The molecule has 2 heterocycles. The van der Waals surface area contributed by atoms with E-state index in [1.165, 1.54) is 36.1 Å². The summed E-state index contributed by atoms with van der Waals surface area (Å²) in [5, 5.41) is 3.68. The zero-order chi connectivity index (χ0) is 13.3. The molecule has 1 aromatic carbocycles. The molecule has 2 aliphatic rings. The summed E-state index contributed by atoms with van der Waals surface area (Å²) in [7, 11) is 2.17. The van der Waals surface area contributed by atoms with Crippen LogP contribution in [0.2, 0.25) is 0 Å². The number of fused-ring (bicyclic) bond motifs is 1. The molecule has 19 heavy (non-hydrogen) atoms. The lowest BCUT2D eigenvalue weighted by molar-refractivity contribution is 0.0278. The molecule has 1 N–H and O–H groups in total. The number of rotatable bonds is 3. The van der Waals surface area contributed by atoms with Crippen molar-refractivity contribution in [3.8, 4) is 0 Å². The standard InChI is InChI=1S/C16H24N2O/c1-16(7-3-9-19-12-16)17-11-13-4-5-15-14(10-13)6-8-18(15)2/h4-5,10,17H,3,6-9,11-12H2,1-2H3. The van der Waals surface area contributed by atoms with Crippen molar-refractivity contribution >= 4 is 5.69 Å². The second-order valence-corrected chi connectivity index (χ2v) is 6.20. The van der Waals surface area contributed by atoms with Crippen LogP contribution in [0.3, 0.4) is 0 Å². The van der Waals surface area contributed by atoms with Gasteiger partial charge in [0.05, 0.1) is 6.61 Å². The molecule has 3 nitrogen and oxygen atoms in total. The largest absolute Gasteiger partial charge is 0.380 e. The van der Waals surface area contributed by atoms with Gasteiger partial charge in [-0.15, -0.1) is 0 Å². The van der Waals surface area contributed by atoms with Gasteiger partial charge in [0, 0.05) is 38.0 Å². The van der Waals surface area contributed by atoms with E-state index in [0.29, 0.717) is 0 Å². The Morgan fingerprint density at radius 3 is 3.11 bits per heavy atom. The summed E-state index contributed by atoms with van der Waals surface area (Å²) in [5.74, 6) is 0. The van der Waals surface area contributed by atoms with E-state index in [-0.39, 0.29) is 5.54 Å². The summed E-state index contributed by atoms with van der Waals surface area (Å²) in [6.45, 7) is 6.12. The third-order valence-electron chi connectivity index (χ3n) is 4.43. The van der Waals surface area contributed by atoms with Crippen LogP contribution in [0.4, 0.5) is 5.69 Å². The number of hydrogen-bond donors (Lipinski definition) is 1. The first kappa shape index (κ1) is 12.9. The molecular weight excluding hydrogens is 236 g/mol. The molecule has 0 saturated carbocycles. The van der Waals surface area contributed by atoms with Gasteiger partial charge in [0.1, 0.15) is 0 Å². The molecule has 0 spiro atoms. The van der Waals surface area contributed by atoms with Crippen LogP contribution in [-0.2, 0) is 17.7 Å². The minimum absolute atomic E-state index is 0.147. The van der Waals surface area contributed by atoms with Crippen LogP contribution in [0.5, 0.6) is 0 Å². The first-order valence-electron chi connectivity index (χ1n) is 7.32. The molecule has 104 valence electrons. The summed E-state index contributed by atoms with van der Waals surface area (Å²) < 4.78 is 5.59. The Balaban J connectivity index is 1.64. The highest BCUT2D eigenvalue weighted by Gasteiger charge is 2.26. The number of nitrogens with zero attached hydrogens (tertiary/aromatic N) is 1. The van der Waals surface area contributed by atoms with Gasteiger partial charge in [-0.3, -0.25) is 0 Å². The molecule has 3 heteroatoms. The smallest absolute Gasteiger partial charge is 0.0645 e. The molecule has 0 radical (unpaired) electrons. The average Bonchev–Trinajstić information content (AvgIpc) is 2.79. The van der Waals surface area contributed by atoms with Crippen molar-refractivity contribution in [2.75, 3.05) is 31.7 Å². The number of benzene rings is 1. The Kier molecular flexibility index (Phi) is 3.50. The van der Waals surface area contributed by atoms with Crippen molar-refractivity contribution in [2.24, 2.45) is 0 Å². The molecule has 1 aromatic rings. The van der Waals surface area contributed by atoms with E-state index < -0.39 is 0 Å². The minimum Gasteiger partial charge on any atom is -0.380 e. The summed E-state index contributed by atoms with van der Waals surface area (Å²) in [6, 6.07) is 6.87. The van der Waals surface area contributed by atoms with Gasteiger partial charge in [-0.25, -0.2) is 0 Å². The predicted octanol–water partition coefficient (Wildman–Crippen LogP) is 2.34. The van der Waals surface area contributed by atoms with E-state index in [9.17, 15) is 0 Å². The summed E-state index contributed by atoms with van der Waals surface area (Å²) in [6.07, 6.45) is 3.55. The second-order valence-electron chi connectivity index (χ2n) is 6.20.